The average molecular weight is 307 g/mol. The molecule has 0 saturated carbocycles. The third kappa shape index (κ3) is 3.14. The zero-order chi connectivity index (χ0) is 16.2. The Kier molecular flexibility index (Phi) is 3.93. The number of carbonyl (C=O) groups is 1. The van der Waals surface area contributed by atoms with Crippen molar-refractivity contribution in [1.82, 2.24) is 4.98 Å². The summed E-state index contributed by atoms with van der Waals surface area (Å²) in [6.07, 6.45) is 1.58. The van der Waals surface area contributed by atoms with E-state index < -0.39 is 0 Å². The van der Waals surface area contributed by atoms with Crippen LogP contribution in [0.4, 0.5) is 5.69 Å². The van der Waals surface area contributed by atoms with E-state index in [4.69, 9.17) is 14.1 Å². The predicted molar refractivity (Wildman–Crippen MR) is 82.4 cm³/mol. The zero-order valence-corrected chi connectivity index (χ0v) is 12.4. The van der Waals surface area contributed by atoms with Crippen LogP contribution in [0.25, 0.3) is 11.7 Å². The molecule has 1 aromatic carbocycles. The van der Waals surface area contributed by atoms with Gasteiger partial charge in [-0.15, -0.1) is 0 Å². The van der Waals surface area contributed by atoms with Crippen molar-refractivity contribution in [2.45, 2.75) is 13.3 Å². The van der Waals surface area contributed by atoms with Gasteiger partial charge in [-0.3, -0.25) is 4.79 Å². The maximum atomic E-state index is 12.2. The van der Waals surface area contributed by atoms with Crippen molar-refractivity contribution in [1.29, 1.82) is 5.26 Å². The van der Waals surface area contributed by atoms with Crippen LogP contribution in [0.15, 0.2) is 51.5 Å². The maximum Gasteiger partial charge on any atom is 0.263 e. The third-order valence-electron chi connectivity index (χ3n) is 3.27. The number of anilines is 1. The quantitative estimate of drug-likeness (QED) is 0.798. The van der Waals surface area contributed by atoms with Crippen molar-refractivity contribution in [3.05, 3.63) is 59.7 Å². The Morgan fingerprint density at radius 3 is 2.87 bits per heavy atom. The molecule has 0 spiro atoms. The van der Waals surface area contributed by atoms with E-state index in [1.54, 1.807) is 43.3 Å². The number of amides is 1. The lowest BCUT2D eigenvalue weighted by Gasteiger charge is -2.05. The molecule has 0 fully saturated rings. The Hall–Kier alpha value is -3.33. The Balaban J connectivity index is 1.75. The van der Waals surface area contributed by atoms with Gasteiger partial charge >= 0.3 is 0 Å². The number of carbonyl (C=O) groups excluding carboxylic acids is 1. The first-order valence-electron chi connectivity index (χ1n) is 6.96. The molecule has 0 unspecified atom stereocenters. The number of rotatable bonds is 4. The van der Waals surface area contributed by atoms with E-state index in [0.717, 1.165) is 0 Å². The normalized spacial score (nSPS) is 10.3. The Bertz CT molecular complexity index is 873. The fourth-order valence-electron chi connectivity index (χ4n) is 2.13. The number of furan rings is 1. The minimum absolute atomic E-state index is 0.0514. The molecule has 0 saturated heterocycles. The minimum Gasteiger partial charge on any atom is -0.459 e. The van der Waals surface area contributed by atoms with Gasteiger partial charge in [-0.2, -0.15) is 5.26 Å². The summed E-state index contributed by atoms with van der Waals surface area (Å²) in [4.78, 5) is 16.5. The Morgan fingerprint density at radius 1 is 1.30 bits per heavy atom. The highest BCUT2D eigenvalue weighted by molar-refractivity contribution is 5.93. The molecule has 2 heterocycles. The van der Waals surface area contributed by atoms with Gasteiger partial charge in [0.25, 0.3) is 5.89 Å². The second-order valence-corrected chi connectivity index (χ2v) is 4.88. The molecule has 6 heteroatoms. The van der Waals surface area contributed by atoms with Gasteiger partial charge in [0.05, 0.1) is 29.6 Å². The minimum atomic E-state index is -0.268. The number of aromatic nitrogens is 1. The highest BCUT2D eigenvalue weighted by atomic mass is 16.4. The van der Waals surface area contributed by atoms with E-state index in [1.165, 1.54) is 6.26 Å². The molecule has 0 aliphatic rings. The van der Waals surface area contributed by atoms with E-state index in [9.17, 15) is 4.79 Å². The summed E-state index contributed by atoms with van der Waals surface area (Å²) in [5, 5.41) is 11.7. The van der Waals surface area contributed by atoms with Gasteiger partial charge < -0.3 is 14.2 Å². The van der Waals surface area contributed by atoms with Crippen molar-refractivity contribution in [2.75, 3.05) is 5.32 Å². The van der Waals surface area contributed by atoms with Crippen LogP contribution in [0.5, 0.6) is 0 Å². The number of oxazole rings is 1. The van der Waals surface area contributed by atoms with E-state index in [1.807, 2.05) is 6.07 Å². The van der Waals surface area contributed by atoms with Crippen molar-refractivity contribution in [3.8, 4) is 17.7 Å². The molecule has 0 radical (unpaired) electrons. The summed E-state index contributed by atoms with van der Waals surface area (Å²) in [6.45, 7) is 1.74. The number of hydrogen-bond acceptors (Lipinski definition) is 5. The van der Waals surface area contributed by atoms with Gasteiger partial charge in [0.1, 0.15) is 11.8 Å². The first-order valence-corrected chi connectivity index (χ1v) is 6.96. The molecular formula is C17H13N3O3. The van der Waals surface area contributed by atoms with Crippen LogP contribution in [0.3, 0.4) is 0 Å². The molecular weight excluding hydrogens is 294 g/mol. The second kappa shape index (κ2) is 6.20. The first-order chi connectivity index (χ1) is 11.2. The summed E-state index contributed by atoms with van der Waals surface area (Å²) in [7, 11) is 0. The lowest BCUT2D eigenvalue weighted by Crippen LogP contribution is -2.15. The molecule has 3 aromatic rings. The molecule has 114 valence electrons. The summed E-state index contributed by atoms with van der Waals surface area (Å²) in [6, 6.07) is 12.3. The predicted octanol–water partition coefficient (Wildman–Crippen LogP) is 3.30. The molecule has 23 heavy (non-hydrogen) atoms. The van der Waals surface area contributed by atoms with Gasteiger partial charge in [0.15, 0.2) is 5.76 Å². The Labute approximate surface area is 132 Å². The molecule has 3 rings (SSSR count). The molecule has 6 nitrogen and oxygen atoms in total. The lowest BCUT2D eigenvalue weighted by atomic mass is 10.2. The number of nitrogens with zero attached hydrogens (tertiary/aromatic N) is 2. The van der Waals surface area contributed by atoms with Gasteiger partial charge in [-0.1, -0.05) is 12.1 Å². The monoisotopic (exact) mass is 307 g/mol. The van der Waals surface area contributed by atoms with E-state index >= 15 is 0 Å². The SMILES string of the molecule is Cc1oc(-c2ccco2)nc1CC(=O)Nc1ccccc1C#N. The smallest absolute Gasteiger partial charge is 0.263 e. The molecule has 0 aliphatic heterocycles. The van der Waals surface area contributed by atoms with Crippen LogP contribution in [0.1, 0.15) is 17.0 Å². The first kappa shape index (κ1) is 14.6. The number of nitrogens with one attached hydrogen (secondary N) is 1. The topological polar surface area (TPSA) is 92.1 Å². The standard InChI is InChI=1S/C17H13N3O3/c1-11-14(20-17(23-11)15-7-4-8-22-15)9-16(21)19-13-6-3-2-5-12(13)10-18/h2-8H,9H2,1H3,(H,19,21). The molecule has 2 aromatic heterocycles. The van der Waals surface area contributed by atoms with Crippen LogP contribution in [-0.2, 0) is 11.2 Å². The Morgan fingerprint density at radius 2 is 2.13 bits per heavy atom. The molecule has 1 N–H and O–H groups in total. The van der Waals surface area contributed by atoms with Crippen LogP contribution in [0, 0.1) is 18.3 Å². The molecule has 1 amide bonds. The van der Waals surface area contributed by atoms with Gasteiger partial charge in [0, 0.05) is 0 Å². The fourth-order valence-corrected chi connectivity index (χ4v) is 2.13. The van der Waals surface area contributed by atoms with E-state index in [0.29, 0.717) is 34.4 Å². The van der Waals surface area contributed by atoms with E-state index in [2.05, 4.69) is 10.3 Å². The fraction of sp³-hybridized carbons (Fsp3) is 0.118. The van der Waals surface area contributed by atoms with Crippen molar-refractivity contribution >= 4 is 11.6 Å². The van der Waals surface area contributed by atoms with Crippen LogP contribution in [-0.4, -0.2) is 10.9 Å². The summed E-state index contributed by atoms with van der Waals surface area (Å²) >= 11 is 0. The highest BCUT2D eigenvalue weighted by Crippen LogP contribution is 2.22. The number of hydrogen-bond donors (Lipinski definition) is 1. The van der Waals surface area contributed by atoms with Crippen molar-refractivity contribution in [3.63, 3.8) is 0 Å². The molecule has 0 atom stereocenters. The van der Waals surface area contributed by atoms with Gasteiger partial charge in [0.2, 0.25) is 5.91 Å². The summed E-state index contributed by atoms with van der Waals surface area (Å²) in [5.74, 6) is 1.14. The number of para-hydroxylation sites is 1. The summed E-state index contributed by atoms with van der Waals surface area (Å²) in [5.41, 5.74) is 1.42. The average Bonchev–Trinajstić information content (AvgIpc) is 3.18. The van der Waals surface area contributed by atoms with Crippen molar-refractivity contribution < 1.29 is 13.6 Å². The number of aryl methyl sites for hydroxylation is 1. The summed E-state index contributed by atoms with van der Waals surface area (Å²) < 4.78 is 10.7. The van der Waals surface area contributed by atoms with Gasteiger partial charge in [-0.25, -0.2) is 4.98 Å². The molecule has 0 aliphatic carbocycles. The van der Waals surface area contributed by atoms with Crippen LogP contribution in [0.2, 0.25) is 0 Å². The number of benzene rings is 1. The van der Waals surface area contributed by atoms with E-state index in [-0.39, 0.29) is 12.3 Å². The van der Waals surface area contributed by atoms with Crippen LogP contribution < -0.4 is 5.32 Å². The third-order valence-corrected chi connectivity index (χ3v) is 3.27. The number of nitriles is 1. The molecule has 0 bridgehead atoms. The zero-order valence-electron chi connectivity index (χ0n) is 12.4. The lowest BCUT2D eigenvalue weighted by molar-refractivity contribution is -0.115. The highest BCUT2D eigenvalue weighted by Gasteiger charge is 2.16. The maximum absolute atomic E-state index is 12.2. The largest absolute Gasteiger partial charge is 0.459 e. The second-order valence-electron chi connectivity index (χ2n) is 4.88. The van der Waals surface area contributed by atoms with Crippen LogP contribution >= 0.6 is 0 Å². The van der Waals surface area contributed by atoms with Gasteiger partial charge in [-0.05, 0) is 31.2 Å². The van der Waals surface area contributed by atoms with Crippen molar-refractivity contribution in [2.24, 2.45) is 0 Å².